The zero-order valence-corrected chi connectivity index (χ0v) is 16.7. The lowest BCUT2D eigenvalue weighted by molar-refractivity contribution is 0.385. The van der Waals surface area contributed by atoms with Gasteiger partial charge in [-0.1, -0.05) is 126 Å². The molecular formula is C25H38. The van der Waals surface area contributed by atoms with Crippen LogP contribution < -0.4 is 0 Å². The van der Waals surface area contributed by atoms with Gasteiger partial charge >= 0.3 is 0 Å². The second-order valence-electron chi connectivity index (χ2n) is 6.43. The molecule has 0 heterocycles. The zero-order chi connectivity index (χ0) is 18.6. The van der Waals surface area contributed by atoms with Crippen molar-refractivity contribution < 1.29 is 0 Å². The highest BCUT2D eigenvalue weighted by molar-refractivity contribution is 5.13. The zero-order valence-electron chi connectivity index (χ0n) is 16.7. The molecule has 138 valence electrons. The molecule has 0 bridgehead atoms. The van der Waals surface area contributed by atoms with Crippen molar-refractivity contribution in [2.24, 2.45) is 5.92 Å². The molecule has 0 unspecified atom stereocenters. The summed E-state index contributed by atoms with van der Waals surface area (Å²) >= 11 is 0. The van der Waals surface area contributed by atoms with Crippen molar-refractivity contribution in [2.75, 3.05) is 0 Å². The summed E-state index contributed by atoms with van der Waals surface area (Å²) in [5.74, 6) is 1.04. The van der Waals surface area contributed by atoms with E-state index >= 15 is 0 Å². The van der Waals surface area contributed by atoms with Crippen LogP contribution in [0.1, 0.15) is 64.9 Å². The fraction of sp³-hybridized carbons (Fsp3) is 0.440. The summed E-state index contributed by atoms with van der Waals surface area (Å²) in [6.45, 7) is 10.1. The van der Waals surface area contributed by atoms with Crippen molar-refractivity contribution in [1.82, 2.24) is 0 Å². The van der Waals surface area contributed by atoms with Gasteiger partial charge in [0.25, 0.3) is 0 Å². The van der Waals surface area contributed by atoms with Crippen molar-refractivity contribution in [1.29, 1.82) is 0 Å². The highest BCUT2D eigenvalue weighted by Crippen LogP contribution is 2.22. The molecule has 0 aromatic heterocycles. The molecule has 3 rings (SSSR count). The van der Waals surface area contributed by atoms with E-state index in [4.69, 9.17) is 0 Å². The lowest BCUT2D eigenvalue weighted by atomic mass is 9.91. The van der Waals surface area contributed by atoms with Gasteiger partial charge in [0.15, 0.2) is 0 Å². The summed E-state index contributed by atoms with van der Waals surface area (Å²) in [5.41, 5.74) is 1.41. The minimum atomic E-state index is 1.04. The Balaban J connectivity index is 0.000000316. The minimum Gasteiger partial charge on any atom is -0.103 e. The molecule has 0 N–H and O–H groups in total. The Kier molecular flexibility index (Phi) is 17.2. The Morgan fingerprint density at radius 1 is 0.800 bits per heavy atom. The third-order valence-electron chi connectivity index (χ3n) is 4.10. The average Bonchev–Trinajstić information content (AvgIpc) is 2.71. The topological polar surface area (TPSA) is 0 Å². The van der Waals surface area contributed by atoms with Gasteiger partial charge in [-0.2, -0.15) is 0 Å². The predicted octanol–water partition coefficient (Wildman–Crippen LogP) is 8.10. The van der Waals surface area contributed by atoms with E-state index in [1.54, 1.807) is 0 Å². The van der Waals surface area contributed by atoms with Crippen LogP contribution in [-0.2, 0) is 6.42 Å². The summed E-state index contributed by atoms with van der Waals surface area (Å²) < 4.78 is 0. The molecule has 0 heteroatoms. The second-order valence-corrected chi connectivity index (χ2v) is 6.43. The molecule has 0 saturated heterocycles. The molecular weight excluding hydrogens is 300 g/mol. The van der Waals surface area contributed by atoms with Gasteiger partial charge in [-0.3, -0.25) is 0 Å². The van der Waals surface area contributed by atoms with Crippen molar-refractivity contribution in [3.8, 4) is 0 Å². The molecule has 2 aromatic rings. The minimum absolute atomic E-state index is 1.04. The van der Waals surface area contributed by atoms with Crippen molar-refractivity contribution in [2.45, 2.75) is 65.7 Å². The summed E-state index contributed by atoms with van der Waals surface area (Å²) in [6.07, 6.45) is 11.5. The first-order chi connectivity index (χ1) is 12.2. The maximum atomic E-state index is 3.48. The van der Waals surface area contributed by atoms with E-state index in [9.17, 15) is 0 Å². The van der Waals surface area contributed by atoms with E-state index in [1.807, 2.05) is 48.5 Å². The van der Waals surface area contributed by atoms with Crippen LogP contribution in [-0.4, -0.2) is 0 Å². The number of hydrogen-bond donors (Lipinski definition) is 0. The van der Waals surface area contributed by atoms with Crippen LogP contribution in [0.25, 0.3) is 0 Å². The molecule has 1 aliphatic rings. The van der Waals surface area contributed by atoms with Gasteiger partial charge in [-0.25, -0.2) is 0 Å². The standard InChI is InChI=1S/C8H10.C7H14.C6H6.C4H8/c1-2-8-6-4-3-5-7-8;1-7-5-3-2-4-6-7;1-2-4-6-5-3-1;1-3-4-2/h3-7H,2H2,1H3;7H,2-6H2,1H3;1-6H;3H,1,4H2,2H3. The lowest BCUT2D eigenvalue weighted by Gasteiger charge is -2.15. The number of benzene rings is 2. The number of hydrogen-bond acceptors (Lipinski definition) is 0. The molecule has 0 atom stereocenters. The lowest BCUT2D eigenvalue weighted by Crippen LogP contribution is -1.99. The summed E-state index contributed by atoms with van der Waals surface area (Å²) in [5, 5.41) is 0. The average molecular weight is 339 g/mol. The smallest absolute Gasteiger partial charge is 0.0307 e. The van der Waals surface area contributed by atoms with Crippen LogP contribution in [0.5, 0.6) is 0 Å². The van der Waals surface area contributed by atoms with Gasteiger partial charge in [0.1, 0.15) is 0 Å². The van der Waals surface area contributed by atoms with Crippen LogP contribution in [0.3, 0.4) is 0 Å². The molecule has 0 amide bonds. The van der Waals surface area contributed by atoms with Gasteiger partial charge in [0, 0.05) is 0 Å². The number of allylic oxidation sites excluding steroid dienone is 1. The first-order valence-electron chi connectivity index (χ1n) is 9.89. The number of aryl methyl sites for hydroxylation is 1. The molecule has 2 aromatic carbocycles. The first-order valence-corrected chi connectivity index (χ1v) is 9.89. The molecule has 0 radical (unpaired) electrons. The molecule has 0 nitrogen and oxygen atoms in total. The molecule has 1 saturated carbocycles. The van der Waals surface area contributed by atoms with Gasteiger partial charge in [-0.15, -0.1) is 6.58 Å². The van der Waals surface area contributed by atoms with Gasteiger partial charge < -0.3 is 0 Å². The maximum Gasteiger partial charge on any atom is -0.0307 e. The maximum absolute atomic E-state index is 3.48. The van der Waals surface area contributed by atoms with Gasteiger partial charge in [0.2, 0.25) is 0 Å². The van der Waals surface area contributed by atoms with Crippen LogP contribution in [0.2, 0.25) is 0 Å². The Bertz CT molecular complexity index is 439. The van der Waals surface area contributed by atoms with Crippen LogP contribution in [0, 0.1) is 5.92 Å². The van der Waals surface area contributed by atoms with E-state index in [0.29, 0.717) is 0 Å². The highest BCUT2D eigenvalue weighted by atomic mass is 14.1. The molecule has 25 heavy (non-hydrogen) atoms. The third kappa shape index (κ3) is 16.8. The normalized spacial score (nSPS) is 12.9. The molecule has 1 fully saturated rings. The largest absolute Gasteiger partial charge is 0.103 e. The second kappa shape index (κ2) is 18.5. The predicted molar refractivity (Wildman–Crippen MR) is 115 cm³/mol. The molecule has 0 aliphatic heterocycles. The summed E-state index contributed by atoms with van der Waals surface area (Å²) in [7, 11) is 0. The molecule has 0 spiro atoms. The molecule has 1 aliphatic carbocycles. The summed E-state index contributed by atoms with van der Waals surface area (Å²) in [4.78, 5) is 0. The van der Waals surface area contributed by atoms with Crippen molar-refractivity contribution in [3.63, 3.8) is 0 Å². The Morgan fingerprint density at radius 3 is 1.44 bits per heavy atom. The first kappa shape index (κ1) is 23.2. The quantitative estimate of drug-likeness (QED) is 0.485. The van der Waals surface area contributed by atoms with E-state index < -0.39 is 0 Å². The van der Waals surface area contributed by atoms with Crippen LogP contribution in [0.15, 0.2) is 79.4 Å². The van der Waals surface area contributed by atoms with Gasteiger partial charge in [-0.05, 0) is 24.3 Å². The fourth-order valence-electron chi connectivity index (χ4n) is 2.41. The highest BCUT2D eigenvalue weighted by Gasteiger charge is 2.05. The van der Waals surface area contributed by atoms with E-state index in [0.717, 1.165) is 18.8 Å². The SMILES string of the molecule is C=CCC.CC1CCCCC1.CCc1ccccc1.c1ccccc1. The third-order valence-corrected chi connectivity index (χ3v) is 4.10. The van der Waals surface area contributed by atoms with Crippen LogP contribution >= 0.6 is 0 Å². The fourth-order valence-corrected chi connectivity index (χ4v) is 2.41. The Morgan fingerprint density at radius 2 is 1.20 bits per heavy atom. The van der Waals surface area contributed by atoms with E-state index in [1.165, 1.54) is 37.7 Å². The van der Waals surface area contributed by atoms with Crippen molar-refractivity contribution >= 4 is 0 Å². The van der Waals surface area contributed by atoms with E-state index in [2.05, 4.69) is 51.6 Å². The number of rotatable bonds is 2. The van der Waals surface area contributed by atoms with Crippen LogP contribution in [0.4, 0.5) is 0 Å². The Labute approximate surface area is 157 Å². The Hall–Kier alpha value is -1.82. The monoisotopic (exact) mass is 338 g/mol. The van der Waals surface area contributed by atoms with Crippen molar-refractivity contribution in [3.05, 3.63) is 84.9 Å². The van der Waals surface area contributed by atoms with E-state index in [-0.39, 0.29) is 0 Å². The summed E-state index contributed by atoms with van der Waals surface area (Å²) in [6, 6.07) is 22.5. The van der Waals surface area contributed by atoms with Gasteiger partial charge in [0.05, 0.1) is 0 Å².